The van der Waals surface area contributed by atoms with E-state index >= 15 is 0 Å². The third-order valence-corrected chi connectivity index (χ3v) is 4.14. The van der Waals surface area contributed by atoms with E-state index in [4.69, 9.17) is 11.6 Å². The second-order valence-corrected chi connectivity index (χ2v) is 6.00. The van der Waals surface area contributed by atoms with E-state index in [0.717, 1.165) is 30.5 Å². The molecule has 0 aliphatic carbocycles. The predicted molar refractivity (Wildman–Crippen MR) is 92.4 cm³/mol. The molecule has 24 heavy (non-hydrogen) atoms. The number of hydrazone groups is 1. The first-order chi connectivity index (χ1) is 11.6. The molecule has 1 saturated heterocycles. The highest BCUT2D eigenvalue weighted by molar-refractivity contribution is 6.30. The topological polar surface area (TPSA) is 90.7 Å². The van der Waals surface area contributed by atoms with Crippen LogP contribution in [-0.2, 0) is 0 Å². The standard InChI is InChI=1S/C16H17ClN4O3/c17-11-4-6-12(7-5-11)21-15(23)13(14(22)19-16(21)24)10-18-20-8-2-1-3-9-20/h4-7,10,23H,1-3,8-9H2,(H,19,22,24). The molecule has 3 rings (SSSR count). The van der Waals surface area contributed by atoms with Crippen molar-refractivity contribution < 1.29 is 5.11 Å². The smallest absolute Gasteiger partial charge is 0.335 e. The molecule has 126 valence electrons. The minimum Gasteiger partial charge on any atom is -0.493 e. The first kappa shape index (κ1) is 16.3. The van der Waals surface area contributed by atoms with Gasteiger partial charge in [-0.2, -0.15) is 5.10 Å². The number of rotatable bonds is 3. The van der Waals surface area contributed by atoms with E-state index < -0.39 is 17.1 Å². The number of aromatic nitrogens is 2. The van der Waals surface area contributed by atoms with Gasteiger partial charge in [0.15, 0.2) is 0 Å². The lowest BCUT2D eigenvalue weighted by Gasteiger charge is -2.23. The molecule has 1 aliphatic rings. The van der Waals surface area contributed by atoms with Crippen LogP contribution in [0.4, 0.5) is 0 Å². The molecule has 1 aromatic heterocycles. The first-order valence-corrected chi connectivity index (χ1v) is 8.07. The Balaban J connectivity index is 2.02. The number of halogens is 1. The molecule has 7 nitrogen and oxygen atoms in total. The number of hydrogen-bond acceptors (Lipinski definition) is 5. The average molecular weight is 349 g/mol. The van der Waals surface area contributed by atoms with Crippen molar-refractivity contribution in [2.24, 2.45) is 5.10 Å². The van der Waals surface area contributed by atoms with E-state index in [-0.39, 0.29) is 5.56 Å². The number of benzene rings is 1. The Labute approximate surface area is 142 Å². The molecule has 1 fully saturated rings. The van der Waals surface area contributed by atoms with E-state index in [2.05, 4.69) is 10.1 Å². The Kier molecular flexibility index (Phi) is 4.71. The fourth-order valence-corrected chi connectivity index (χ4v) is 2.74. The predicted octanol–water partition coefficient (Wildman–Crippen LogP) is 1.70. The van der Waals surface area contributed by atoms with E-state index in [0.29, 0.717) is 10.7 Å². The summed E-state index contributed by atoms with van der Waals surface area (Å²) in [6.07, 6.45) is 4.55. The van der Waals surface area contributed by atoms with Crippen LogP contribution >= 0.6 is 11.6 Å². The lowest BCUT2D eigenvalue weighted by molar-refractivity contribution is 0.240. The molecule has 0 radical (unpaired) electrons. The molecule has 0 saturated carbocycles. The van der Waals surface area contributed by atoms with Gasteiger partial charge in [-0.1, -0.05) is 11.6 Å². The van der Waals surface area contributed by atoms with E-state index in [1.54, 1.807) is 24.3 Å². The molecule has 0 unspecified atom stereocenters. The molecule has 2 aromatic rings. The average Bonchev–Trinajstić information content (AvgIpc) is 2.57. The molecular weight excluding hydrogens is 332 g/mol. The molecule has 2 heterocycles. The van der Waals surface area contributed by atoms with Gasteiger partial charge in [0.25, 0.3) is 5.56 Å². The normalized spacial score (nSPS) is 15.1. The van der Waals surface area contributed by atoms with Crippen molar-refractivity contribution in [3.05, 3.63) is 55.7 Å². The molecule has 1 aliphatic heterocycles. The van der Waals surface area contributed by atoms with E-state index in [1.807, 2.05) is 5.01 Å². The lowest BCUT2D eigenvalue weighted by atomic mass is 10.2. The summed E-state index contributed by atoms with van der Waals surface area (Å²) in [5.74, 6) is -0.452. The van der Waals surface area contributed by atoms with Crippen LogP contribution in [0.3, 0.4) is 0 Å². The van der Waals surface area contributed by atoms with Crippen molar-refractivity contribution >= 4 is 17.8 Å². The molecule has 8 heteroatoms. The van der Waals surface area contributed by atoms with Gasteiger partial charge in [0, 0.05) is 18.1 Å². The van der Waals surface area contributed by atoms with E-state index in [1.165, 1.54) is 12.6 Å². The summed E-state index contributed by atoms with van der Waals surface area (Å²) in [4.78, 5) is 26.3. The monoisotopic (exact) mass is 348 g/mol. The second-order valence-electron chi connectivity index (χ2n) is 5.57. The Hall–Kier alpha value is -2.54. The summed E-state index contributed by atoms with van der Waals surface area (Å²) >= 11 is 5.84. The molecule has 1 aromatic carbocycles. The highest BCUT2D eigenvalue weighted by Crippen LogP contribution is 2.18. The molecular formula is C16H17ClN4O3. The fourth-order valence-electron chi connectivity index (χ4n) is 2.62. The van der Waals surface area contributed by atoms with Gasteiger partial charge in [-0.15, -0.1) is 0 Å². The van der Waals surface area contributed by atoms with Crippen molar-refractivity contribution in [1.29, 1.82) is 0 Å². The zero-order chi connectivity index (χ0) is 17.1. The van der Waals surface area contributed by atoms with Crippen LogP contribution in [0.1, 0.15) is 24.8 Å². The maximum atomic E-state index is 12.1. The Morgan fingerprint density at radius 1 is 1.12 bits per heavy atom. The molecule has 0 bridgehead atoms. The summed E-state index contributed by atoms with van der Waals surface area (Å²) in [5, 5.41) is 17.0. The molecule has 0 spiro atoms. The number of H-pyrrole nitrogens is 1. The maximum absolute atomic E-state index is 12.1. The summed E-state index contributed by atoms with van der Waals surface area (Å²) in [7, 11) is 0. The molecule has 2 N–H and O–H groups in total. The zero-order valence-corrected chi connectivity index (χ0v) is 13.7. The van der Waals surface area contributed by atoms with Crippen molar-refractivity contribution in [3.8, 4) is 11.6 Å². The van der Waals surface area contributed by atoms with Gasteiger partial charge < -0.3 is 5.11 Å². The Morgan fingerprint density at radius 2 is 1.79 bits per heavy atom. The number of aromatic hydroxyl groups is 1. The lowest BCUT2D eigenvalue weighted by Crippen LogP contribution is -2.32. The third kappa shape index (κ3) is 3.35. The van der Waals surface area contributed by atoms with Crippen molar-refractivity contribution in [1.82, 2.24) is 14.6 Å². The van der Waals surface area contributed by atoms with Gasteiger partial charge >= 0.3 is 5.69 Å². The van der Waals surface area contributed by atoms with Gasteiger partial charge in [0.05, 0.1) is 11.9 Å². The summed E-state index contributed by atoms with van der Waals surface area (Å²) in [5.41, 5.74) is -1.07. The minimum absolute atomic E-state index is 0.0601. The van der Waals surface area contributed by atoms with Crippen molar-refractivity contribution in [3.63, 3.8) is 0 Å². The largest absolute Gasteiger partial charge is 0.493 e. The van der Waals surface area contributed by atoms with Gasteiger partial charge in [0.2, 0.25) is 5.88 Å². The quantitative estimate of drug-likeness (QED) is 0.826. The van der Waals surface area contributed by atoms with Crippen LogP contribution in [-0.4, -0.2) is 39.0 Å². The second kappa shape index (κ2) is 6.92. The van der Waals surface area contributed by atoms with Crippen LogP contribution in [0.15, 0.2) is 39.0 Å². The van der Waals surface area contributed by atoms with Gasteiger partial charge in [-0.3, -0.25) is 14.8 Å². The zero-order valence-electron chi connectivity index (χ0n) is 12.9. The fraction of sp³-hybridized carbons (Fsp3) is 0.312. The van der Waals surface area contributed by atoms with Crippen molar-refractivity contribution in [2.75, 3.05) is 13.1 Å². The summed E-state index contributed by atoms with van der Waals surface area (Å²) in [6, 6.07) is 6.34. The number of nitrogens with zero attached hydrogens (tertiary/aromatic N) is 3. The van der Waals surface area contributed by atoms with Gasteiger partial charge in [0.1, 0.15) is 5.56 Å². The summed E-state index contributed by atoms with van der Waals surface area (Å²) in [6.45, 7) is 1.62. The van der Waals surface area contributed by atoms with Crippen LogP contribution in [0.5, 0.6) is 5.88 Å². The van der Waals surface area contributed by atoms with Crippen LogP contribution < -0.4 is 11.2 Å². The van der Waals surface area contributed by atoms with Gasteiger partial charge in [-0.25, -0.2) is 9.36 Å². The Bertz CT molecular complexity index is 864. The SMILES string of the molecule is O=c1[nH]c(=O)n(-c2ccc(Cl)cc2)c(O)c1C=NN1CCCCC1. The van der Waals surface area contributed by atoms with Crippen LogP contribution in [0.25, 0.3) is 5.69 Å². The van der Waals surface area contributed by atoms with Gasteiger partial charge in [-0.05, 0) is 43.5 Å². The van der Waals surface area contributed by atoms with E-state index in [9.17, 15) is 14.7 Å². The first-order valence-electron chi connectivity index (χ1n) is 7.69. The highest BCUT2D eigenvalue weighted by Gasteiger charge is 2.15. The minimum atomic E-state index is -0.727. The van der Waals surface area contributed by atoms with Crippen LogP contribution in [0.2, 0.25) is 5.02 Å². The third-order valence-electron chi connectivity index (χ3n) is 3.89. The van der Waals surface area contributed by atoms with Crippen molar-refractivity contribution in [2.45, 2.75) is 19.3 Å². The number of aromatic amines is 1. The highest BCUT2D eigenvalue weighted by atomic mass is 35.5. The molecule has 0 amide bonds. The number of hydrogen-bond donors (Lipinski definition) is 2. The number of nitrogens with one attached hydrogen (secondary N) is 1. The molecule has 0 atom stereocenters. The number of piperidine rings is 1. The maximum Gasteiger partial charge on any atom is 0.335 e. The van der Waals surface area contributed by atoms with Crippen LogP contribution in [0, 0.1) is 0 Å². The Morgan fingerprint density at radius 3 is 2.46 bits per heavy atom. The summed E-state index contributed by atoms with van der Waals surface area (Å²) < 4.78 is 1.01.